The number of benzene rings is 2. The fourth-order valence-electron chi connectivity index (χ4n) is 2.93. The number of carbonyl (C=O) groups is 3. The third-order valence-electron chi connectivity index (χ3n) is 4.68. The van der Waals surface area contributed by atoms with Gasteiger partial charge >= 0.3 is 12.0 Å². The average molecular weight is 468 g/mol. The zero-order valence-corrected chi connectivity index (χ0v) is 19.5. The van der Waals surface area contributed by atoms with Crippen molar-refractivity contribution in [1.29, 1.82) is 0 Å². The standard InChI is InChI=1S/C24H25N3O5S/c1-4-31-20-8-6-5-7-19(20)23-25-18(14-33-23)12-22(29)32-13-21(28)27-24(30)26-17-10-9-15(2)16(3)11-17/h5-11,14H,4,12-13H2,1-3H3,(H2,26,27,28,30). The monoisotopic (exact) mass is 467 g/mol. The molecule has 0 saturated heterocycles. The van der Waals surface area contributed by atoms with Gasteiger partial charge in [0.15, 0.2) is 6.61 Å². The smallest absolute Gasteiger partial charge is 0.325 e. The summed E-state index contributed by atoms with van der Waals surface area (Å²) in [7, 11) is 0. The van der Waals surface area contributed by atoms with Gasteiger partial charge in [-0.05, 0) is 56.2 Å². The van der Waals surface area contributed by atoms with Crippen molar-refractivity contribution < 1.29 is 23.9 Å². The number of hydrogen-bond acceptors (Lipinski definition) is 7. The van der Waals surface area contributed by atoms with Crippen LogP contribution in [0.25, 0.3) is 10.6 Å². The van der Waals surface area contributed by atoms with Crippen LogP contribution in [0.15, 0.2) is 47.8 Å². The van der Waals surface area contributed by atoms with E-state index in [2.05, 4.69) is 15.6 Å². The summed E-state index contributed by atoms with van der Waals surface area (Å²) in [4.78, 5) is 40.5. The van der Waals surface area contributed by atoms with Crippen molar-refractivity contribution in [1.82, 2.24) is 10.3 Å². The number of carbonyl (C=O) groups excluding carboxylic acids is 3. The van der Waals surface area contributed by atoms with Gasteiger partial charge in [0.05, 0.1) is 24.3 Å². The number of ether oxygens (including phenoxy) is 2. The molecule has 0 spiro atoms. The van der Waals surface area contributed by atoms with Gasteiger partial charge in [-0.3, -0.25) is 14.9 Å². The highest BCUT2D eigenvalue weighted by Crippen LogP contribution is 2.32. The van der Waals surface area contributed by atoms with Crippen molar-refractivity contribution in [3.8, 4) is 16.3 Å². The molecule has 0 bridgehead atoms. The van der Waals surface area contributed by atoms with Crippen LogP contribution in [0.3, 0.4) is 0 Å². The molecule has 0 radical (unpaired) electrons. The summed E-state index contributed by atoms with van der Waals surface area (Å²) in [6.07, 6.45) is -0.0879. The zero-order chi connectivity index (χ0) is 23.8. The highest BCUT2D eigenvalue weighted by Gasteiger charge is 2.15. The molecule has 0 atom stereocenters. The van der Waals surface area contributed by atoms with Gasteiger partial charge in [0.1, 0.15) is 10.8 Å². The summed E-state index contributed by atoms with van der Waals surface area (Å²) in [5, 5.41) is 7.19. The van der Waals surface area contributed by atoms with Gasteiger partial charge in [-0.15, -0.1) is 11.3 Å². The van der Waals surface area contributed by atoms with Crippen LogP contribution in [-0.2, 0) is 20.7 Å². The number of hydrogen-bond donors (Lipinski definition) is 2. The van der Waals surface area contributed by atoms with E-state index in [1.165, 1.54) is 11.3 Å². The van der Waals surface area contributed by atoms with Gasteiger partial charge in [0.2, 0.25) is 0 Å². The van der Waals surface area contributed by atoms with Gasteiger partial charge in [-0.25, -0.2) is 9.78 Å². The number of nitrogens with one attached hydrogen (secondary N) is 2. The SMILES string of the molecule is CCOc1ccccc1-c1nc(CC(=O)OCC(=O)NC(=O)Nc2ccc(C)c(C)c2)cs1. The maximum Gasteiger partial charge on any atom is 0.325 e. The molecule has 0 fully saturated rings. The predicted octanol–water partition coefficient (Wildman–Crippen LogP) is 4.26. The first-order valence-corrected chi connectivity index (χ1v) is 11.2. The fourth-order valence-corrected chi connectivity index (χ4v) is 3.78. The van der Waals surface area contributed by atoms with Crippen molar-refractivity contribution in [3.05, 3.63) is 64.7 Å². The minimum Gasteiger partial charge on any atom is -0.493 e. The molecule has 172 valence electrons. The Morgan fingerprint density at radius 1 is 1.06 bits per heavy atom. The normalized spacial score (nSPS) is 10.4. The first kappa shape index (κ1) is 23.9. The predicted molar refractivity (Wildman–Crippen MR) is 126 cm³/mol. The number of rotatable bonds is 8. The molecule has 0 aliphatic heterocycles. The van der Waals surface area contributed by atoms with Gasteiger partial charge in [0.25, 0.3) is 5.91 Å². The maximum atomic E-state index is 12.1. The molecule has 0 unspecified atom stereocenters. The van der Waals surface area contributed by atoms with Gasteiger partial charge < -0.3 is 14.8 Å². The lowest BCUT2D eigenvalue weighted by Gasteiger charge is -2.09. The molecule has 1 heterocycles. The third-order valence-corrected chi connectivity index (χ3v) is 5.60. The highest BCUT2D eigenvalue weighted by atomic mass is 32.1. The second-order valence-electron chi connectivity index (χ2n) is 7.21. The lowest BCUT2D eigenvalue weighted by Crippen LogP contribution is -2.37. The Balaban J connectivity index is 1.47. The Morgan fingerprint density at radius 3 is 2.61 bits per heavy atom. The average Bonchev–Trinajstić information content (AvgIpc) is 3.23. The van der Waals surface area contributed by atoms with Crippen molar-refractivity contribution in [2.24, 2.45) is 0 Å². The van der Waals surface area contributed by atoms with E-state index < -0.39 is 24.5 Å². The minimum atomic E-state index is -0.728. The van der Waals surface area contributed by atoms with Crippen LogP contribution >= 0.6 is 11.3 Å². The Kier molecular flexibility index (Phi) is 8.15. The molecule has 3 amide bonds. The molecule has 1 aromatic heterocycles. The van der Waals surface area contributed by atoms with Crippen LogP contribution < -0.4 is 15.4 Å². The van der Waals surface area contributed by atoms with Crippen LogP contribution in [0, 0.1) is 13.8 Å². The van der Waals surface area contributed by atoms with E-state index in [0.717, 1.165) is 27.4 Å². The summed E-state index contributed by atoms with van der Waals surface area (Å²) >= 11 is 1.39. The largest absolute Gasteiger partial charge is 0.493 e. The van der Waals surface area contributed by atoms with Crippen molar-refractivity contribution >= 4 is 34.9 Å². The van der Waals surface area contributed by atoms with Crippen LogP contribution in [-0.4, -0.2) is 36.1 Å². The Labute approximate surface area is 196 Å². The van der Waals surface area contributed by atoms with E-state index >= 15 is 0 Å². The Hall–Kier alpha value is -3.72. The fraction of sp³-hybridized carbons (Fsp3) is 0.250. The summed E-state index contributed by atoms with van der Waals surface area (Å²) in [6.45, 7) is 5.76. The molecular formula is C24H25N3O5S. The lowest BCUT2D eigenvalue weighted by molar-refractivity contribution is -0.147. The molecule has 8 nitrogen and oxygen atoms in total. The van der Waals surface area contributed by atoms with E-state index in [0.29, 0.717) is 18.0 Å². The summed E-state index contributed by atoms with van der Waals surface area (Å²) in [6, 6.07) is 12.2. The zero-order valence-electron chi connectivity index (χ0n) is 18.6. The van der Waals surface area contributed by atoms with E-state index in [-0.39, 0.29) is 6.42 Å². The summed E-state index contributed by atoms with van der Waals surface area (Å²) in [5.41, 5.74) is 4.04. The number of amides is 3. The molecule has 3 aromatic rings. The second-order valence-corrected chi connectivity index (χ2v) is 8.07. The number of urea groups is 1. The first-order valence-electron chi connectivity index (χ1n) is 10.4. The molecule has 2 aromatic carbocycles. The number of aromatic nitrogens is 1. The number of nitrogens with zero attached hydrogens (tertiary/aromatic N) is 1. The van der Waals surface area contributed by atoms with Crippen LogP contribution in [0.2, 0.25) is 0 Å². The Morgan fingerprint density at radius 2 is 1.85 bits per heavy atom. The number of para-hydroxylation sites is 1. The molecule has 3 rings (SSSR count). The topological polar surface area (TPSA) is 107 Å². The number of anilines is 1. The molecule has 9 heteroatoms. The Bertz CT molecular complexity index is 1160. The van der Waals surface area contributed by atoms with Crippen molar-refractivity contribution in [2.75, 3.05) is 18.5 Å². The van der Waals surface area contributed by atoms with Crippen LogP contribution in [0.4, 0.5) is 10.5 Å². The van der Waals surface area contributed by atoms with E-state index in [1.54, 1.807) is 17.5 Å². The molecule has 33 heavy (non-hydrogen) atoms. The van der Waals surface area contributed by atoms with Crippen LogP contribution in [0.1, 0.15) is 23.7 Å². The van der Waals surface area contributed by atoms with E-state index in [1.807, 2.05) is 51.1 Å². The number of aryl methyl sites for hydroxylation is 2. The van der Waals surface area contributed by atoms with Crippen molar-refractivity contribution in [2.45, 2.75) is 27.2 Å². The molecule has 0 saturated carbocycles. The molecule has 0 aliphatic carbocycles. The maximum absolute atomic E-state index is 12.1. The quantitative estimate of drug-likeness (QED) is 0.480. The van der Waals surface area contributed by atoms with Gasteiger partial charge in [-0.2, -0.15) is 0 Å². The lowest BCUT2D eigenvalue weighted by atomic mass is 10.1. The summed E-state index contributed by atoms with van der Waals surface area (Å²) < 4.78 is 10.6. The molecular weight excluding hydrogens is 442 g/mol. The number of esters is 1. The number of thiazole rings is 1. The minimum absolute atomic E-state index is 0.0879. The van der Waals surface area contributed by atoms with E-state index in [9.17, 15) is 14.4 Å². The van der Waals surface area contributed by atoms with Gasteiger partial charge in [-0.1, -0.05) is 18.2 Å². The second kappa shape index (κ2) is 11.2. The third kappa shape index (κ3) is 6.88. The van der Waals surface area contributed by atoms with Crippen LogP contribution in [0.5, 0.6) is 5.75 Å². The highest BCUT2D eigenvalue weighted by molar-refractivity contribution is 7.13. The first-order chi connectivity index (χ1) is 15.9. The molecule has 2 N–H and O–H groups in total. The van der Waals surface area contributed by atoms with Crippen molar-refractivity contribution in [3.63, 3.8) is 0 Å². The molecule has 0 aliphatic rings. The van der Waals surface area contributed by atoms with E-state index in [4.69, 9.17) is 9.47 Å². The van der Waals surface area contributed by atoms with Gasteiger partial charge in [0, 0.05) is 11.1 Å². The number of imide groups is 1. The summed E-state index contributed by atoms with van der Waals surface area (Å²) in [5.74, 6) is -0.622.